The molecule has 0 aliphatic heterocycles. The third-order valence-electron chi connectivity index (χ3n) is 2.76. The molecule has 2 aromatic rings. The van der Waals surface area contributed by atoms with Gasteiger partial charge in [0.2, 0.25) is 10.0 Å². The number of benzene rings is 1. The zero-order valence-electron chi connectivity index (χ0n) is 11.5. The first-order valence-electron chi connectivity index (χ1n) is 6.25. The normalized spacial score (nSPS) is 11.5. The number of hydrogen-bond acceptors (Lipinski definition) is 5. The van der Waals surface area contributed by atoms with Crippen LogP contribution in [0.4, 0.5) is 5.82 Å². The van der Waals surface area contributed by atoms with Crippen molar-refractivity contribution in [3.05, 3.63) is 35.9 Å². The first kappa shape index (κ1) is 15.2. The van der Waals surface area contributed by atoms with Crippen LogP contribution in [0, 0.1) is 0 Å². The van der Waals surface area contributed by atoms with Crippen molar-refractivity contribution in [1.29, 1.82) is 0 Å². The van der Waals surface area contributed by atoms with Gasteiger partial charge in [0.25, 0.3) is 5.91 Å². The van der Waals surface area contributed by atoms with Crippen molar-refractivity contribution in [1.82, 2.24) is 15.0 Å². The van der Waals surface area contributed by atoms with Crippen LogP contribution in [0.1, 0.15) is 10.4 Å². The predicted molar refractivity (Wildman–Crippen MR) is 81.3 cm³/mol. The lowest BCUT2D eigenvalue weighted by atomic mass is 10.1. The van der Waals surface area contributed by atoms with Crippen molar-refractivity contribution < 1.29 is 13.2 Å². The van der Waals surface area contributed by atoms with Crippen molar-refractivity contribution in [3.63, 3.8) is 0 Å². The number of rotatable bonds is 5. The molecule has 0 bridgehead atoms. The average Bonchev–Trinajstić information content (AvgIpc) is 2.41. The molecular weight excluding hydrogens is 292 g/mol. The first-order valence-corrected chi connectivity index (χ1v) is 8.14. The molecule has 0 saturated heterocycles. The van der Waals surface area contributed by atoms with Gasteiger partial charge in [-0.15, -0.1) is 0 Å². The predicted octanol–water partition coefficient (Wildman–Crippen LogP) is 0.0960. The monoisotopic (exact) mass is 308 g/mol. The molecule has 8 heteroatoms. The molecule has 0 atom stereocenters. The molecule has 1 amide bonds. The average molecular weight is 308 g/mol. The highest BCUT2D eigenvalue weighted by Gasteiger charge is 2.11. The van der Waals surface area contributed by atoms with Crippen LogP contribution in [0.5, 0.6) is 0 Å². The number of para-hydroxylation sites is 1. The lowest BCUT2D eigenvalue weighted by molar-refractivity contribution is 0.0956. The number of hydrogen-bond donors (Lipinski definition) is 3. The van der Waals surface area contributed by atoms with E-state index in [1.807, 2.05) is 12.1 Å². The van der Waals surface area contributed by atoms with Gasteiger partial charge in [-0.05, 0) is 12.1 Å². The SMILES string of the molecule is CS(=O)(=O)NCCNC(=O)c1cc(N)nc2ccccc12. The Hall–Kier alpha value is -2.19. The van der Waals surface area contributed by atoms with Crippen molar-refractivity contribution in [3.8, 4) is 0 Å². The van der Waals surface area contributed by atoms with Crippen LogP contribution in [-0.4, -0.2) is 38.7 Å². The molecule has 1 aromatic carbocycles. The lowest BCUT2D eigenvalue weighted by Gasteiger charge is -2.09. The fourth-order valence-electron chi connectivity index (χ4n) is 1.89. The van der Waals surface area contributed by atoms with Crippen molar-refractivity contribution in [2.24, 2.45) is 0 Å². The van der Waals surface area contributed by atoms with E-state index in [0.717, 1.165) is 6.26 Å². The number of nitrogen functional groups attached to an aromatic ring is 1. The van der Waals surface area contributed by atoms with Crippen LogP contribution in [-0.2, 0) is 10.0 Å². The number of nitrogens with zero attached hydrogens (tertiary/aromatic N) is 1. The maximum absolute atomic E-state index is 12.2. The Bertz CT molecular complexity index is 774. The Morgan fingerprint density at radius 1 is 1.29 bits per heavy atom. The minimum atomic E-state index is -3.26. The maximum atomic E-state index is 12.2. The largest absolute Gasteiger partial charge is 0.384 e. The summed E-state index contributed by atoms with van der Waals surface area (Å²) >= 11 is 0. The molecule has 21 heavy (non-hydrogen) atoms. The number of nitrogens with one attached hydrogen (secondary N) is 2. The van der Waals surface area contributed by atoms with E-state index in [0.29, 0.717) is 16.5 Å². The van der Waals surface area contributed by atoms with Gasteiger partial charge in [0.15, 0.2) is 0 Å². The molecule has 0 spiro atoms. The minimum Gasteiger partial charge on any atom is -0.384 e. The molecule has 7 nitrogen and oxygen atoms in total. The summed E-state index contributed by atoms with van der Waals surface area (Å²) in [6.45, 7) is 0.311. The van der Waals surface area contributed by atoms with E-state index in [1.165, 1.54) is 6.07 Å². The second-order valence-electron chi connectivity index (χ2n) is 4.53. The zero-order chi connectivity index (χ0) is 15.5. The number of nitrogens with two attached hydrogens (primary N) is 1. The third-order valence-corrected chi connectivity index (χ3v) is 3.48. The summed E-state index contributed by atoms with van der Waals surface area (Å²) < 4.78 is 24.1. The van der Waals surface area contributed by atoms with Crippen LogP contribution < -0.4 is 15.8 Å². The van der Waals surface area contributed by atoms with E-state index in [4.69, 9.17) is 5.73 Å². The molecule has 0 aliphatic rings. The summed E-state index contributed by atoms with van der Waals surface area (Å²) in [5.74, 6) is -0.0660. The van der Waals surface area contributed by atoms with E-state index in [-0.39, 0.29) is 24.8 Å². The molecule has 2 rings (SSSR count). The molecular formula is C13H16N4O3S. The Labute approximate surface area is 122 Å². The number of sulfonamides is 1. The van der Waals surface area contributed by atoms with Crippen LogP contribution in [0.25, 0.3) is 10.9 Å². The van der Waals surface area contributed by atoms with Gasteiger partial charge in [-0.3, -0.25) is 4.79 Å². The molecule has 0 unspecified atom stereocenters. The summed E-state index contributed by atoms with van der Waals surface area (Å²) in [6.07, 6.45) is 1.06. The van der Waals surface area contributed by atoms with E-state index in [2.05, 4.69) is 15.0 Å². The first-order chi connectivity index (χ1) is 9.87. The second kappa shape index (κ2) is 6.06. The molecule has 4 N–H and O–H groups in total. The second-order valence-corrected chi connectivity index (χ2v) is 6.37. The molecule has 112 valence electrons. The van der Waals surface area contributed by atoms with Gasteiger partial charge in [0, 0.05) is 18.5 Å². The summed E-state index contributed by atoms with van der Waals surface area (Å²) in [4.78, 5) is 16.3. The highest BCUT2D eigenvalue weighted by molar-refractivity contribution is 7.88. The van der Waals surface area contributed by atoms with E-state index in [1.54, 1.807) is 12.1 Å². The van der Waals surface area contributed by atoms with Gasteiger partial charge >= 0.3 is 0 Å². The number of fused-ring (bicyclic) bond motifs is 1. The number of amides is 1. The van der Waals surface area contributed by atoms with Gasteiger partial charge < -0.3 is 11.1 Å². The van der Waals surface area contributed by atoms with E-state index >= 15 is 0 Å². The number of anilines is 1. The van der Waals surface area contributed by atoms with Gasteiger partial charge in [-0.25, -0.2) is 18.1 Å². The number of carbonyl (C=O) groups is 1. The Morgan fingerprint density at radius 2 is 2.00 bits per heavy atom. The van der Waals surface area contributed by atoms with Gasteiger partial charge in [0.05, 0.1) is 17.3 Å². The molecule has 0 saturated carbocycles. The molecule has 0 aliphatic carbocycles. The summed E-state index contributed by atoms with van der Waals surface area (Å²) in [6, 6.07) is 8.68. The van der Waals surface area contributed by atoms with Crippen LogP contribution in [0.3, 0.4) is 0 Å². The fraction of sp³-hybridized carbons (Fsp3) is 0.231. The Morgan fingerprint density at radius 3 is 2.71 bits per heavy atom. The molecule has 1 heterocycles. The molecule has 0 radical (unpaired) electrons. The van der Waals surface area contributed by atoms with Crippen LogP contribution in [0.2, 0.25) is 0 Å². The quantitative estimate of drug-likeness (QED) is 0.678. The fourth-order valence-corrected chi connectivity index (χ4v) is 2.36. The van der Waals surface area contributed by atoms with Gasteiger partial charge in [0.1, 0.15) is 5.82 Å². The summed E-state index contributed by atoms with van der Waals surface area (Å²) in [5, 5.41) is 3.34. The number of carbonyl (C=O) groups excluding carboxylic acids is 1. The van der Waals surface area contributed by atoms with E-state index < -0.39 is 10.0 Å². The zero-order valence-corrected chi connectivity index (χ0v) is 12.3. The van der Waals surface area contributed by atoms with Gasteiger partial charge in [-0.2, -0.15) is 0 Å². The topological polar surface area (TPSA) is 114 Å². The standard InChI is InChI=1S/C13H16N4O3S/c1-21(19,20)16-7-6-15-13(18)10-8-12(14)17-11-5-3-2-4-9(10)11/h2-5,8,16H,6-7H2,1H3,(H2,14,17)(H,15,18). The smallest absolute Gasteiger partial charge is 0.252 e. The van der Waals surface area contributed by atoms with E-state index in [9.17, 15) is 13.2 Å². The number of pyridine rings is 1. The van der Waals surface area contributed by atoms with Crippen LogP contribution >= 0.6 is 0 Å². The Kier molecular flexibility index (Phi) is 4.39. The Balaban J connectivity index is 2.12. The highest BCUT2D eigenvalue weighted by Crippen LogP contribution is 2.19. The summed E-state index contributed by atoms with van der Waals surface area (Å²) in [5.41, 5.74) is 6.74. The number of aromatic nitrogens is 1. The van der Waals surface area contributed by atoms with Crippen LogP contribution in [0.15, 0.2) is 30.3 Å². The highest BCUT2D eigenvalue weighted by atomic mass is 32.2. The summed E-state index contributed by atoms with van der Waals surface area (Å²) in [7, 11) is -3.26. The van der Waals surface area contributed by atoms with Crippen molar-refractivity contribution in [2.45, 2.75) is 0 Å². The van der Waals surface area contributed by atoms with Gasteiger partial charge in [-0.1, -0.05) is 18.2 Å². The minimum absolute atomic E-state index is 0.128. The van der Waals surface area contributed by atoms with Crippen molar-refractivity contribution in [2.75, 3.05) is 25.1 Å². The molecule has 1 aromatic heterocycles. The third kappa shape index (κ3) is 4.14. The molecule has 0 fully saturated rings. The van der Waals surface area contributed by atoms with Crippen molar-refractivity contribution >= 4 is 32.7 Å². The maximum Gasteiger partial charge on any atom is 0.252 e. The lowest BCUT2D eigenvalue weighted by Crippen LogP contribution is -2.34.